The minimum atomic E-state index is 0.506. The SMILES string of the molecule is CCCc1ccc(Oc2ncnc(NN)c2C)cc1. The molecular formula is C14H18N4O. The molecular weight excluding hydrogens is 240 g/mol. The average Bonchev–Trinajstić information content (AvgIpc) is 2.43. The topological polar surface area (TPSA) is 73.1 Å². The minimum Gasteiger partial charge on any atom is -0.439 e. The van der Waals surface area contributed by atoms with E-state index in [1.54, 1.807) is 0 Å². The summed E-state index contributed by atoms with van der Waals surface area (Å²) < 4.78 is 5.74. The third-order valence-corrected chi connectivity index (χ3v) is 2.85. The summed E-state index contributed by atoms with van der Waals surface area (Å²) in [5.41, 5.74) is 4.60. The van der Waals surface area contributed by atoms with Gasteiger partial charge in [0.1, 0.15) is 17.9 Å². The number of aromatic nitrogens is 2. The zero-order chi connectivity index (χ0) is 13.7. The Bertz CT molecular complexity index is 540. The molecule has 0 bridgehead atoms. The molecule has 5 heteroatoms. The molecule has 0 atom stereocenters. The maximum atomic E-state index is 5.74. The Labute approximate surface area is 112 Å². The summed E-state index contributed by atoms with van der Waals surface area (Å²) in [6.07, 6.45) is 3.63. The third-order valence-electron chi connectivity index (χ3n) is 2.85. The molecule has 0 fully saturated rings. The van der Waals surface area contributed by atoms with Crippen LogP contribution in [0.5, 0.6) is 11.6 Å². The lowest BCUT2D eigenvalue weighted by molar-refractivity contribution is 0.457. The normalized spacial score (nSPS) is 10.3. The number of ether oxygens (including phenoxy) is 1. The number of anilines is 1. The minimum absolute atomic E-state index is 0.506. The van der Waals surface area contributed by atoms with Gasteiger partial charge in [0.2, 0.25) is 5.88 Å². The fraction of sp³-hybridized carbons (Fsp3) is 0.286. The van der Waals surface area contributed by atoms with Crippen molar-refractivity contribution >= 4 is 5.82 Å². The second-order valence-electron chi connectivity index (χ2n) is 4.29. The number of nitrogens with one attached hydrogen (secondary N) is 1. The van der Waals surface area contributed by atoms with E-state index in [1.165, 1.54) is 11.9 Å². The maximum absolute atomic E-state index is 5.74. The summed E-state index contributed by atoms with van der Waals surface area (Å²) in [4.78, 5) is 8.12. The first-order valence-electron chi connectivity index (χ1n) is 6.29. The molecule has 2 rings (SSSR count). The van der Waals surface area contributed by atoms with Gasteiger partial charge in [0.15, 0.2) is 0 Å². The highest BCUT2D eigenvalue weighted by Crippen LogP contribution is 2.25. The lowest BCUT2D eigenvalue weighted by Crippen LogP contribution is -2.11. The van der Waals surface area contributed by atoms with E-state index < -0.39 is 0 Å². The van der Waals surface area contributed by atoms with Crippen molar-refractivity contribution in [2.24, 2.45) is 5.84 Å². The van der Waals surface area contributed by atoms with Crippen molar-refractivity contribution in [2.75, 3.05) is 5.43 Å². The van der Waals surface area contributed by atoms with Gasteiger partial charge in [-0.1, -0.05) is 25.5 Å². The molecule has 1 aromatic carbocycles. The number of hydrogen-bond acceptors (Lipinski definition) is 5. The highest BCUT2D eigenvalue weighted by atomic mass is 16.5. The third kappa shape index (κ3) is 3.20. The molecule has 0 radical (unpaired) electrons. The van der Waals surface area contributed by atoms with E-state index in [2.05, 4.69) is 34.5 Å². The van der Waals surface area contributed by atoms with Gasteiger partial charge in [-0.05, 0) is 31.0 Å². The zero-order valence-electron chi connectivity index (χ0n) is 11.2. The molecule has 0 aliphatic rings. The van der Waals surface area contributed by atoms with Crippen LogP contribution in [0.2, 0.25) is 0 Å². The predicted molar refractivity (Wildman–Crippen MR) is 75.1 cm³/mol. The monoisotopic (exact) mass is 258 g/mol. The number of hydrazine groups is 1. The van der Waals surface area contributed by atoms with Crippen LogP contribution in [0.15, 0.2) is 30.6 Å². The molecule has 0 aliphatic carbocycles. The summed E-state index contributed by atoms with van der Waals surface area (Å²) in [6, 6.07) is 8.03. The molecule has 19 heavy (non-hydrogen) atoms. The van der Waals surface area contributed by atoms with Crippen LogP contribution in [-0.2, 0) is 6.42 Å². The number of hydrogen-bond donors (Lipinski definition) is 2. The molecule has 2 aromatic rings. The second kappa shape index (κ2) is 6.15. The van der Waals surface area contributed by atoms with Crippen molar-refractivity contribution < 1.29 is 4.74 Å². The fourth-order valence-electron chi connectivity index (χ4n) is 1.81. The van der Waals surface area contributed by atoms with Gasteiger partial charge >= 0.3 is 0 Å². The van der Waals surface area contributed by atoms with Crippen LogP contribution in [0.25, 0.3) is 0 Å². The molecule has 0 unspecified atom stereocenters. The number of nitrogens with zero attached hydrogens (tertiary/aromatic N) is 2. The van der Waals surface area contributed by atoms with E-state index in [0.717, 1.165) is 24.2 Å². The predicted octanol–water partition coefficient (Wildman–Crippen LogP) is 2.82. The van der Waals surface area contributed by atoms with Crippen LogP contribution in [0.4, 0.5) is 5.82 Å². The Morgan fingerprint density at radius 3 is 2.58 bits per heavy atom. The van der Waals surface area contributed by atoms with Crippen LogP contribution >= 0.6 is 0 Å². The molecule has 3 N–H and O–H groups in total. The van der Waals surface area contributed by atoms with Crippen molar-refractivity contribution in [3.63, 3.8) is 0 Å². The number of nitrogens with two attached hydrogens (primary N) is 1. The number of rotatable bonds is 5. The van der Waals surface area contributed by atoms with Gasteiger partial charge in [-0.15, -0.1) is 0 Å². The Morgan fingerprint density at radius 1 is 1.21 bits per heavy atom. The maximum Gasteiger partial charge on any atom is 0.227 e. The van der Waals surface area contributed by atoms with Crippen LogP contribution in [0.3, 0.4) is 0 Å². The molecule has 0 spiro atoms. The Hall–Kier alpha value is -2.14. The molecule has 100 valence electrons. The summed E-state index contributed by atoms with van der Waals surface area (Å²) in [5.74, 6) is 7.19. The number of benzene rings is 1. The van der Waals surface area contributed by atoms with Gasteiger partial charge in [0.25, 0.3) is 0 Å². The van der Waals surface area contributed by atoms with E-state index >= 15 is 0 Å². The standard InChI is InChI=1S/C14H18N4O/c1-3-4-11-5-7-12(8-6-11)19-14-10(2)13(18-15)16-9-17-14/h5-9H,3-4,15H2,1-2H3,(H,16,17,18). The smallest absolute Gasteiger partial charge is 0.227 e. The molecule has 5 nitrogen and oxygen atoms in total. The summed E-state index contributed by atoms with van der Waals surface area (Å²) in [6.45, 7) is 4.02. The largest absolute Gasteiger partial charge is 0.439 e. The van der Waals surface area contributed by atoms with Crippen molar-refractivity contribution in [3.05, 3.63) is 41.7 Å². The number of nitrogen functional groups attached to an aromatic ring is 1. The lowest BCUT2D eigenvalue weighted by Gasteiger charge is -2.10. The molecule has 0 saturated carbocycles. The zero-order valence-corrected chi connectivity index (χ0v) is 11.2. The first-order chi connectivity index (χ1) is 9.24. The second-order valence-corrected chi connectivity index (χ2v) is 4.29. The van der Waals surface area contributed by atoms with Gasteiger partial charge in [0.05, 0.1) is 5.56 Å². The van der Waals surface area contributed by atoms with E-state index in [9.17, 15) is 0 Å². The molecule has 0 amide bonds. The van der Waals surface area contributed by atoms with E-state index in [-0.39, 0.29) is 0 Å². The van der Waals surface area contributed by atoms with Crippen molar-refractivity contribution in [2.45, 2.75) is 26.7 Å². The van der Waals surface area contributed by atoms with Crippen LogP contribution in [-0.4, -0.2) is 9.97 Å². The molecule has 0 saturated heterocycles. The summed E-state index contributed by atoms with van der Waals surface area (Å²) >= 11 is 0. The van der Waals surface area contributed by atoms with E-state index in [4.69, 9.17) is 10.6 Å². The Kier molecular flexibility index (Phi) is 4.30. The fourth-order valence-corrected chi connectivity index (χ4v) is 1.81. The van der Waals surface area contributed by atoms with Crippen molar-refractivity contribution in [1.29, 1.82) is 0 Å². The highest BCUT2D eigenvalue weighted by molar-refractivity contribution is 5.47. The summed E-state index contributed by atoms with van der Waals surface area (Å²) in [7, 11) is 0. The van der Waals surface area contributed by atoms with Crippen molar-refractivity contribution in [3.8, 4) is 11.6 Å². The van der Waals surface area contributed by atoms with Gasteiger partial charge in [0, 0.05) is 0 Å². The molecule has 1 aromatic heterocycles. The van der Waals surface area contributed by atoms with Gasteiger partial charge in [-0.3, -0.25) is 0 Å². The Morgan fingerprint density at radius 2 is 1.95 bits per heavy atom. The van der Waals surface area contributed by atoms with Gasteiger partial charge in [-0.2, -0.15) is 0 Å². The first-order valence-corrected chi connectivity index (χ1v) is 6.29. The first kappa shape index (κ1) is 13.3. The van der Waals surface area contributed by atoms with E-state index in [1.807, 2.05) is 19.1 Å². The average molecular weight is 258 g/mol. The number of aryl methyl sites for hydroxylation is 1. The van der Waals surface area contributed by atoms with Crippen LogP contribution in [0.1, 0.15) is 24.5 Å². The van der Waals surface area contributed by atoms with Gasteiger partial charge < -0.3 is 10.2 Å². The van der Waals surface area contributed by atoms with Crippen LogP contribution in [0, 0.1) is 6.92 Å². The molecule has 1 heterocycles. The van der Waals surface area contributed by atoms with Crippen LogP contribution < -0.4 is 16.0 Å². The quantitative estimate of drug-likeness (QED) is 0.637. The van der Waals surface area contributed by atoms with E-state index in [0.29, 0.717) is 11.7 Å². The molecule has 0 aliphatic heterocycles. The highest BCUT2D eigenvalue weighted by Gasteiger charge is 2.08. The Balaban J connectivity index is 2.16. The lowest BCUT2D eigenvalue weighted by atomic mass is 10.1. The van der Waals surface area contributed by atoms with Crippen molar-refractivity contribution in [1.82, 2.24) is 9.97 Å². The summed E-state index contributed by atoms with van der Waals surface area (Å²) in [5, 5.41) is 0. The van der Waals surface area contributed by atoms with Gasteiger partial charge in [-0.25, -0.2) is 15.8 Å².